The predicted octanol–water partition coefficient (Wildman–Crippen LogP) is 4.11. The fourth-order valence-corrected chi connectivity index (χ4v) is 4.62. The molecule has 1 aromatic rings. The molecule has 1 saturated carbocycles. The van der Waals surface area contributed by atoms with Crippen molar-refractivity contribution in [3.8, 4) is 11.1 Å². The van der Waals surface area contributed by atoms with Gasteiger partial charge in [-0.2, -0.15) is 0 Å². The standard InChI is InChI=1S/C25H27N2O4/c1-13(2)16-9-8-14(3)21-19(11-16)15(4)10-20(21)22-24(28)23(25(22)29)26-17-6-5-7-18(12-17)27(30)31/h5-13,22-26,28H,1-4H3/q-1. The lowest BCUT2D eigenvalue weighted by atomic mass is 9.69. The van der Waals surface area contributed by atoms with Crippen molar-refractivity contribution in [3.05, 3.63) is 80.9 Å². The highest BCUT2D eigenvalue weighted by Gasteiger charge is 2.45. The minimum atomic E-state index is -1.06. The van der Waals surface area contributed by atoms with E-state index in [2.05, 4.69) is 37.4 Å². The van der Waals surface area contributed by atoms with E-state index in [-0.39, 0.29) is 5.69 Å². The van der Waals surface area contributed by atoms with Crippen molar-refractivity contribution >= 4 is 11.4 Å². The van der Waals surface area contributed by atoms with Gasteiger partial charge in [0.05, 0.1) is 11.0 Å². The van der Waals surface area contributed by atoms with Gasteiger partial charge in [0.1, 0.15) is 0 Å². The number of rotatable bonds is 5. The fourth-order valence-electron chi connectivity index (χ4n) is 4.62. The van der Waals surface area contributed by atoms with Gasteiger partial charge in [-0.1, -0.05) is 50.3 Å². The minimum Gasteiger partial charge on any atom is -0.850 e. The Hall–Kier alpha value is -2.96. The second-order valence-corrected chi connectivity index (χ2v) is 8.85. The molecule has 0 amide bonds. The number of hydrogen-bond acceptors (Lipinski definition) is 5. The minimum absolute atomic E-state index is 0.0560. The third kappa shape index (κ3) is 3.66. The van der Waals surface area contributed by atoms with Crippen LogP contribution in [0.15, 0.2) is 48.5 Å². The van der Waals surface area contributed by atoms with Gasteiger partial charge in [0, 0.05) is 29.8 Å². The van der Waals surface area contributed by atoms with E-state index < -0.39 is 29.1 Å². The van der Waals surface area contributed by atoms with E-state index in [1.165, 1.54) is 17.7 Å². The summed E-state index contributed by atoms with van der Waals surface area (Å²) < 4.78 is 0. The molecule has 4 unspecified atom stereocenters. The molecule has 1 aromatic carbocycles. The average Bonchev–Trinajstić information content (AvgIpc) is 2.92. The Bertz CT molecular complexity index is 1100. The zero-order valence-corrected chi connectivity index (χ0v) is 18.1. The number of aryl methyl sites for hydroxylation is 2. The largest absolute Gasteiger partial charge is 0.850 e. The molecule has 0 radical (unpaired) electrons. The Labute approximate surface area is 182 Å². The van der Waals surface area contributed by atoms with Crippen LogP contribution in [0, 0.1) is 24.0 Å². The number of aliphatic hydroxyl groups is 1. The second kappa shape index (κ2) is 7.94. The Kier molecular flexibility index (Phi) is 5.45. The summed E-state index contributed by atoms with van der Waals surface area (Å²) in [7, 11) is 0. The molecule has 3 aliphatic rings. The van der Waals surface area contributed by atoms with Crippen molar-refractivity contribution in [3.63, 3.8) is 0 Å². The monoisotopic (exact) mass is 419 g/mol. The van der Waals surface area contributed by atoms with E-state index in [1.807, 2.05) is 19.9 Å². The molecule has 1 fully saturated rings. The number of anilines is 1. The van der Waals surface area contributed by atoms with Crippen LogP contribution in [0.3, 0.4) is 0 Å². The van der Waals surface area contributed by atoms with Crippen molar-refractivity contribution in [2.24, 2.45) is 0 Å². The summed E-state index contributed by atoms with van der Waals surface area (Å²) in [4.78, 5) is 10.5. The van der Waals surface area contributed by atoms with Crippen LogP contribution < -0.4 is 10.4 Å². The third-order valence-electron chi connectivity index (χ3n) is 6.45. The normalized spacial score (nSPS) is 23.1. The summed E-state index contributed by atoms with van der Waals surface area (Å²) in [5, 5.41) is 38.1. The number of benzene rings is 1. The van der Waals surface area contributed by atoms with Crippen LogP contribution in [-0.4, -0.2) is 28.3 Å². The van der Waals surface area contributed by atoms with E-state index in [4.69, 9.17) is 0 Å². The SMILES string of the molecule is Cc1cc(C2C([O-])C(Nc3cccc([N+](=O)[O-])c3)C2O)c2c(C)ccc(C(C)C)cc1-2. The van der Waals surface area contributed by atoms with Crippen LogP contribution in [0.25, 0.3) is 11.1 Å². The van der Waals surface area contributed by atoms with Crippen LogP contribution in [0.4, 0.5) is 11.4 Å². The van der Waals surface area contributed by atoms with Gasteiger partial charge in [-0.25, -0.2) is 0 Å². The fraction of sp³-hybridized carbons (Fsp3) is 0.360. The van der Waals surface area contributed by atoms with E-state index in [0.717, 1.165) is 27.8 Å². The molecule has 0 spiro atoms. The van der Waals surface area contributed by atoms with Crippen molar-refractivity contribution < 1.29 is 15.1 Å². The van der Waals surface area contributed by atoms with Gasteiger partial charge < -0.3 is 15.5 Å². The van der Waals surface area contributed by atoms with E-state index in [9.17, 15) is 20.3 Å². The molecule has 4 rings (SSSR count). The van der Waals surface area contributed by atoms with Crippen LogP contribution >= 0.6 is 0 Å². The molecule has 0 bridgehead atoms. The first kappa shape index (κ1) is 21.3. The van der Waals surface area contributed by atoms with Gasteiger partial charge in [-0.15, -0.1) is 0 Å². The Balaban J connectivity index is 1.64. The molecular formula is C25H27N2O4-. The van der Waals surface area contributed by atoms with Crippen molar-refractivity contribution in [2.45, 2.75) is 57.8 Å². The lowest BCUT2D eigenvalue weighted by molar-refractivity contribution is -0.457. The summed E-state index contributed by atoms with van der Waals surface area (Å²) >= 11 is 0. The summed E-state index contributed by atoms with van der Waals surface area (Å²) in [5.74, 6) is -0.145. The highest BCUT2D eigenvalue weighted by molar-refractivity contribution is 5.79. The molecule has 6 nitrogen and oxygen atoms in total. The average molecular weight is 420 g/mol. The highest BCUT2D eigenvalue weighted by Crippen LogP contribution is 2.46. The smallest absolute Gasteiger partial charge is 0.271 e. The highest BCUT2D eigenvalue weighted by atomic mass is 16.6. The number of fused-ring (bicyclic) bond motifs is 1. The molecule has 3 aliphatic carbocycles. The predicted molar refractivity (Wildman–Crippen MR) is 120 cm³/mol. The van der Waals surface area contributed by atoms with Crippen molar-refractivity contribution in [1.82, 2.24) is 0 Å². The lowest BCUT2D eigenvalue weighted by Crippen LogP contribution is -2.67. The number of nitro benzene ring substituents is 1. The van der Waals surface area contributed by atoms with Gasteiger partial charge in [0.25, 0.3) is 5.69 Å². The lowest BCUT2D eigenvalue weighted by Gasteiger charge is -2.55. The number of aliphatic hydroxyl groups excluding tert-OH is 1. The van der Waals surface area contributed by atoms with Gasteiger partial charge in [-0.05, 0) is 59.2 Å². The summed E-state index contributed by atoms with van der Waals surface area (Å²) in [6.45, 7) is 8.39. The number of hydrogen-bond donors (Lipinski definition) is 2. The number of non-ortho nitro benzene ring substituents is 1. The summed E-state index contributed by atoms with van der Waals surface area (Å²) in [6, 6.07) is 13.7. The molecule has 162 valence electrons. The van der Waals surface area contributed by atoms with Gasteiger partial charge in [-0.3, -0.25) is 10.1 Å². The molecule has 0 heterocycles. The molecule has 31 heavy (non-hydrogen) atoms. The van der Waals surface area contributed by atoms with E-state index in [0.29, 0.717) is 11.6 Å². The Morgan fingerprint density at radius 3 is 2.45 bits per heavy atom. The van der Waals surface area contributed by atoms with Gasteiger partial charge in [0.2, 0.25) is 0 Å². The zero-order chi connectivity index (χ0) is 22.4. The molecule has 4 atom stereocenters. The molecular weight excluding hydrogens is 392 g/mol. The van der Waals surface area contributed by atoms with E-state index in [1.54, 1.807) is 12.1 Å². The van der Waals surface area contributed by atoms with Gasteiger partial charge >= 0.3 is 0 Å². The molecule has 6 heteroatoms. The van der Waals surface area contributed by atoms with Crippen molar-refractivity contribution in [2.75, 3.05) is 5.32 Å². The van der Waals surface area contributed by atoms with Crippen LogP contribution in [0.1, 0.15) is 47.9 Å². The number of nitro groups is 1. The summed E-state index contributed by atoms with van der Waals surface area (Å²) in [6.07, 6.45) is -1.94. The Morgan fingerprint density at radius 2 is 1.81 bits per heavy atom. The Morgan fingerprint density at radius 1 is 1.06 bits per heavy atom. The summed E-state index contributed by atoms with van der Waals surface area (Å²) in [5.41, 5.74) is 6.88. The van der Waals surface area contributed by atoms with Crippen molar-refractivity contribution in [1.29, 1.82) is 0 Å². The van der Waals surface area contributed by atoms with E-state index >= 15 is 0 Å². The molecule has 0 aromatic heterocycles. The maximum absolute atomic E-state index is 13.1. The topological polar surface area (TPSA) is 98.5 Å². The van der Waals surface area contributed by atoms with Gasteiger partial charge in [0.15, 0.2) is 0 Å². The first-order chi connectivity index (χ1) is 14.7. The third-order valence-corrected chi connectivity index (χ3v) is 6.45. The first-order valence-corrected chi connectivity index (χ1v) is 10.6. The zero-order valence-electron chi connectivity index (χ0n) is 18.1. The molecule has 0 saturated heterocycles. The number of nitrogens with one attached hydrogen (secondary N) is 1. The molecule has 2 N–H and O–H groups in total. The molecule has 0 aliphatic heterocycles. The maximum Gasteiger partial charge on any atom is 0.271 e. The number of nitrogens with zero attached hydrogens (tertiary/aromatic N) is 1. The quantitative estimate of drug-likeness (QED) is 0.479. The maximum atomic E-state index is 13.1. The first-order valence-electron chi connectivity index (χ1n) is 10.6. The second-order valence-electron chi connectivity index (χ2n) is 8.85. The van der Waals surface area contributed by atoms with Crippen LogP contribution in [0.5, 0.6) is 0 Å². The van der Waals surface area contributed by atoms with Crippen LogP contribution in [0.2, 0.25) is 0 Å². The van der Waals surface area contributed by atoms with Crippen LogP contribution in [-0.2, 0) is 0 Å².